The number of hydrogen-bond donors (Lipinski definition) is 2. The Balaban J connectivity index is 1.81. The van der Waals surface area contributed by atoms with Crippen LogP contribution < -0.4 is 11.1 Å². The topological polar surface area (TPSA) is 72.2 Å². The predicted molar refractivity (Wildman–Crippen MR) is 85.3 cm³/mol. The molecule has 2 rings (SSSR count). The van der Waals surface area contributed by atoms with Crippen molar-refractivity contribution >= 4 is 29.3 Å². The average Bonchev–Trinajstić information content (AvgIpc) is 2.49. The molecule has 6 heteroatoms. The van der Waals surface area contributed by atoms with Crippen LogP contribution in [0, 0.1) is 5.82 Å². The molecule has 0 saturated heterocycles. The molecule has 0 atom stereocenters. The molecule has 2 aromatic rings. The molecule has 22 heavy (non-hydrogen) atoms. The molecule has 0 spiro atoms. The van der Waals surface area contributed by atoms with Gasteiger partial charge in [-0.1, -0.05) is 6.07 Å². The van der Waals surface area contributed by atoms with E-state index in [1.165, 1.54) is 30.0 Å². The van der Waals surface area contributed by atoms with Crippen molar-refractivity contribution in [1.82, 2.24) is 0 Å². The van der Waals surface area contributed by atoms with Crippen LogP contribution in [-0.2, 0) is 4.79 Å². The average molecular weight is 318 g/mol. The van der Waals surface area contributed by atoms with Gasteiger partial charge in [0.15, 0.2) is 0 Å². The summed E-state index contributed by atoms with van der Waals surface area (Å²) >= 11 is 1.47. The van der Waals surface area contributed by atoms with Crippen molar-refractivity contribution in [3.8, 4) is 0 Å². The van der Waals surface area contributed by atoms with Gasteiger partial charge in [-0.3, -0.25) is 9.59 Å². The normalized spacial score (nSPS) is 10.2. The summed E-state index contributed by atoms with van der Waals surface area (Å²) < 4.78 is 12.8. The first-order valence-electron chi connectivity index (χ1n) is 6.62. The van der Waals surface area contributed by atoms with Crippen LogP contribution in [0.15, 0.2) is 53.4 Å². The van der Waals surface area contributed by atoms with Crippen molar-refractivity contribution in [2.24, 2.45) is 5.73 Å². The highest BCUT2D eigenvalue weighted by molar-refractivity contribution is 7.99. The summed E-state index contributed by atoms with van der Waals surface area (Å²) in [6.45, 7) is 0. The summed E-state index contributed by atoms with van der Waals surface area (Å²) in [5.41, 5.74) is 6.07. The van der Waals surface area contributed by atoms with Gasteiger partial charge in [-0.15, -0.1) is 11.8 Å². The Kier molecular flexibility index (Phi) is 5.55. The summed E-state index contributed by atoms with van der Waals surface area (Å²) in [5.74, 6) is -0.400. The molecule has 0 saturated carbocycles. The molecule has 2 aromatic carbocycles. The minimum atomic E-state index is -0.539. The largest absolute Gasteiger partial charge is 0.366 e. The maximum Gasteiger partial charge on any atom is 0.248 e. The third-order valence-electron chi connectivity index (χ3n) is 2.84. The Morgan fingerprint density at radius 2 is 1.86 bits per heavy atom. The number of hydrogen-bond acceptors (Lipinski definition) is 3. The van der Waals surface area contributed by atoms with E-state index in [2.05, 4.69) is 5.32 Å². The first kappa shape index (κ1) is 16.0. The van der Waals surface area contributed by atoms with Crippen molar-refractivity contribution in [3.05, 3.63) is 59.9 Å². The minimum Gasteiger partial charge on any atom is -0.366 e. The summed E-state index contributed by atoms with van der Waals surface area (Å²) in [5, 5.41) is 2.71. The maximum atomic E-state index is 12.8. The van der Waals surface area contributed by atoms with Gasteiger partial charge in [0.25, 0.3) is 0 Å². The van der Waals surface area contributed by atoms with Crippen LogP contribution in [0.2, 0.25) is 0 Å². The van der Waals surface area contributed by atoms with Crippen LogP contribution in [0.1, 0.15) is 16.8 Å². The van der Waals surface area contributed by atoms with Crippen LogP contribution in [0.3, 0.4) is 0 Å². The Morgan fingerprint density at radius 1 is 1.14 bits per heavy atom. The number of primary amides is 1. The molecule has 2 amide bonds. The van der Waals surface area contributed by atoms with E-state index in [9.17, 15) is 14.0 Å². The lowest BCUT2D eigenvalue weighted by atomic mass is 10.2. The van der Waals surface area contributed by atoms with Gasteiger partial charge < -0.3 is 11.1 Å². The fourth-order valence-corrected chi connectivity index (χ4v) is 2.62. The maximum absolute atomic E-state index is 12.8. The molecule has 0 unspecified atom stereocenters. The third-order valence-corrected chi connectivity index (χ3v) is 3.86. The molecular formula is C16H15FN2O2S. The number of rotatable bonds is 6. The molecule has 0 heterocycles. The highest BCUT2D eigenvalue weighted by Gasteiger charge is 2.05. The summed E-state index contributed by atoms with van der Waals surface area (Å²) in [4.78, 5) is 23.8. The van der Waals surface area contributed by atoms with Crippen molar-refractivity contribution in [3.63, 3.8) is 0 Å². The van der Waals surface area contributed by atoms with E-state index in [-0.39, 0.29) is 11.7 Å². The Morgan fingerprint density at radius 3 is 2.55 bits per heavy atom. The highest BCUT2D eigenvalue weighted by Crippen LogP contribution is 2.19. The lowest BCUT2D eigenvalue weighted by Gasteiger charge is -2.06. The van der Waals surface area contributed by atoms with E-state index in [0.29, 0.717) is 23.4 Å². The highest BCUT2D eigenvalue weighted by atomic mass is 32.2. The van der Waals surface area contributed by atoms with E-state index < -0.39 is 5.91 Å². The second-order valence-electron chi connectivity index (χ2n) is 4.55. The van der Waals surface area contributed by atoms with Crippen LogP contribution >= 0.6 is 11.8 Å². The lowest BCUT2D eigenvalue weighted by molar-refractivity contribution is -0.115. The molecule has 114 valence electrons. The molecule has 3 N–H and O–H groups in total. The van der Waals surface area contributed by atoms with E-state index in [1.807, 2.05) is 0 Å². The molecule has 0 aliphatic heterocycles. The molecular weight excluding hydrogens is 303 g/mol. The number of nitrogens with two attached hydrogens (primary N) is 1. The molecule has 4 nitrogen and oxygen atoms in total. The second-order valence-corrected chi connectivity index (χ2v) is 5.71. The van der Waals surface area contributed by atoms with Gasteiger partial charge in [-0.05, 0) is 42.5 Å². The zero-order valence-corrected chi connectivity index (χ0v) is 12.5. The van der Waals surface area contributed by atoms with Crippen molar-refractivity contribution < 1.29 is 14.0 Å². The zero-order chi connectivity index (χ0) is 15.9. The summed E-state index contributed by atoms with van der Waals surface area (Å²) in [6.07, 6.45) is 0.308. The smallest absolute Gasteiger partial charge is 0.248 e. The van der Waals surface area contributed by atoms with E-state index in [4.69, 9.17) is 5.73 Å². The van der Waals surface area contributed by atoms with Gasteiger partial charge in [0.2, 0.25) is 11.8 Å². The van der Waals surface area contributed by atoms with Crippen LogP contribution in [0.4, 0.5) is 10.1 Å². The first-order chi connectivity index (χ1) is 10.5. The quantitative estimate of drug-likeness (QED) is 0.804. The van der Waals surface area contributed by atoms with Gasteiger partial charge in [0, 0.05) is 28.3 Å². The standard InChI is InChI=1S/C16H15FN2O2S/c17-12-4-6-14(7-5-12)22-9-8-15(20)19-13-3-1-2-11(10-13)16(18)21/h1-7,10H,8-9H2,(H2,18,21)(H,19,20). The Labute approximate surface area is 131 Å². The number of amides is 2. The molecule has 0 bridgehead atoms. The minimum absolute atomic E-state index is 0.156. The van der Waals surface area contributed by atoms with Crippen molar-refractivity contribution in [1.29, 1.82) is 0 Å². The second kappa shape index (κ2) is 7.61. The lowest BCUT2D eigenvalue weighted by Crippen LogP contribution is -2.14. The van der Waals surface area contributed by atoms with Gasteiger partial charge in [-0.2, -0.15) is 0 Å². The SMILES string of the molecule is NC(=O)c1cccc(NC(=O)CCSc2ccc(F)cc2)c1. The van der Waals surface area contributed by atoms with E-state index in [0.717, 1.165) is 4.90 Å². The number of halogens is 1. The van der Waals surface area contributed by atoms with Gasteiger partial charge in [-0.25, -0.2) is 4.39 Å². The molecule has 0 aromatic heterocycles. The fourth-order valence-electron chi connectivity index (χ4n) is 1.77. The van der Waals surface area contributed by atoms with Gasteiger partial charge in [0.1, 0.15) is 5.82 Å². The molecule has 0 aliphatic rings. The van der Waals surface area contributed by atoms with E-state index in [1.54, 1.807) is 30.3 Å². The molecule has 0 radical (unpaired) electrons. The molecule has 0 aliphatic carbocycles. The fraction of sp³-hybridized carbons (Fsp3) is 0.125. The van der Waals surface area contributed by atoms with Crippen LogP contribution in [0.5, 0.6) is 0 Å². The number of nitrogens with one attached hydrogen (secondary N) is 1. The number of thioether (sulfide) groups is 1. The predicted octanol–water partition coefficient (Wildman–Crippen LogP) is 3.05. The Bertz CT molecular complexity index is 674. The monoisotopic (exact) mass is 318 g/mol. The Hall–Kier alpha value is -2.34. The third kappa shape index (κ3) is 4.89. The first-order valence-corrected chi connectivity index (χ1v) is 7.61. The zero-order valence-electron chi connectivity index (χ0n) is 11.7. The van der Waals surface area contributed by atoms with Crippen LogP contribution in [-0.4, -0.2) is 17.6 Å². The van der Waals surface area contributed by atoms with Gasteiger partial charge >= 0.3 is 0 Å². The number of anilines is 1. The van der Waals surface area contributed by atoms with Crippen LogP contribution in [0.25, 0.3) is 0 Å². The summed E-state index contributed by atoms with van der Waals surface area (Å²) in [7, 11) is 0. The number of carbonyl (C=O) groups is 2. The number of carbonyl (C=O) groups excluding carboxylic acids is 2. The summed E-state index contributed by atoms with van der Waals surface area (Å²) in [6, 6.07) is 12.6. The van der Waals surface area contributed by atoms with Gasteiger partial charge in [0.05, 0.1) is 0 Å². The van der Waals surface area contributed by atoms with Crippen molar-refractivity contribution in [2.45, 2.75) is 11.3 Å². The van der Waals surface area contributed by atoms with Crippen molar-refractivity contribution in [2.75, 3.05) is 11.1 Å². The molecule has 0 fully saturated rings. The number of benzene rings is 2. The van der Waals surface area contributed by atoms with E-state index >= 15 is 0 Å².